The number of rotatable bonds is 13. The first-order valence-electron chi connectivity index (χ1n) is 15.4. The Morgan fingerprint density at radius 2 is 1.34 bits per heavy atom. The molecule has 3 amide bonds. The Labute approximate surface area is 308 Å². The fourth-order valence-corrected chi connectivity index (χ4v) is 6.36. The van der Waals surface area contributed by atoms with Gasteiger partial charge in [0.25, 0.3) is 11.8 Å². The van der Waals surface area contributed by atoms with Gasteiger partial charge in [-0.3, -0.25) is 14.4 Å². The molecule has 254 valence electrons. The molecule has 3 N–H and O–H groups in total. The number of hydrogen-bond acceptors (Lipinski definition) is 7. The van der Waals surface area contributed by atoms with Crippen molar-refractivity contribution in [3.63, 3.8) is 0 Å². The minimum atomic E-state index is -0.581. The van der Waals surface area contributed by atoms with Gasteiger partial charge in [0.15, 0.2) is 11.5 Å². The largest absolute Gasteiger partial charge is 0.493 e. The zero-order chi connectivity index (χ0) is 35.5. The number of nitrogens with one attached hydrogen (secondary N) is 3. The lowest BCUT2D eigenvalue weighted by Gasteiger charge is -2.18. The average molecular weight is 800 g/mol. The van der Waals surface area contributed by atoms with Crippen LogP contribution in [0.1, 0.15) is 26.7 Å². The number of carbonyl (C=O) groups excluding carboxylic acids is 3. The van der Waals surface area contributed by atoms with Crippen LogP contribution in [0.4, 0.5) is 11.4 Å². The zero-order valence-electron chi connectivity index (χ0n) is 27.4. The zero-order valence-corrected chi connectivity index (χ0v) is 30.4. The topological polar surface area (TPSA) is 115 Å². The Morgan fingerprint density at radius 1 is 0.700 bits per heavy atom. The number of halogens is 1. The van der Waals surface area contributed by atoms with E-state index in [0.717, 1.165) is 14.0 Å². The Bertz CT molecular complexity index is 1960. The van der Waals surface area contributed by atoms with Gasteiger partial charge in [-0.15, -0.1) is 11.8 Å². The number of methoxy groups -OCH3 is 3. The van der Waals surface area contributed by atoms with Crippen LogP contribution in [-0.2, 0) is 9.59 Å². The molecule has 0 saturated heterocycles. The minimum absolute atomic E-state index is 0.0229. The van der Waals surface area contributed by atoms with Gasteiger partial charge in [0.1, 0.15) is 10.9 Å². The molecule has 0 heterocycles. The Balaban J connectivity index is 1.42. The first-order valence-corrected chi connectivity index (χ1v) is 17.3. The summed E-state index contributed by atoms with van der Waals surface area (Å²) in [6, 6.07) is 36.2. The number of anilines is 2. The van der Waals surface area contributed by atoms with Gasteiger partial charge in [-0.1, -0.05) is 54.6 Å². The molecule has 1 atom stereocenters. The van der Waals surface area contributed by atoms with E-state index in [2.05, 4.69) is 38.5 Å². The maximum atomic E-state index is 13.9. The molecule has 0 aliphatic carbocycles. The third-order valence-corrected chi connectivity index (χ3v) is 9.29. The number of ether oxygens (including phenoxy) is 3. The second kappa shape index (κ2) is 17.4. The third-order valence-electron chi connectivity index (χ3n) is 7.32. The van der Waals surface area contributed by atoms with Gasteiger partial charge in [-0.05, 0) is 107 Å². The van der Waals surface area contributed by atoms with Crippen LogP contribution in [-0.4, -0.2) is 39.1 Å². The van der Waals surface area contributed by atoms with E-state index in [0.29, 0.717) is 39.8 Å². The number of hydrogen-bond donors (Lipinski definition) is 3. The van der Waals surface area contributed by atoms with Gasteiger partial charge in [0.2, 0.25) is 11.7 Å². The van der Waals surface area contributed by atoms with Crippen molar-refractivity contribution in [2.45, 2.75) is 10.1 Å². The van der Waals surface area contributed by atoms with Crippen LogP contribution in [0, 0.1) is 3.57 Å². The van der Waals surface area contributed by atoms with Crippen molar-refractivity contribution in [1.29, 1.82) is 0 Å². The molecule has 11 heteroatoms. The van der Waals surface area contributed by atoms with Crippen molar-refractivity contribution in [1.82, 2.24) is 5.32 Å². The minimum Gasteiger partial charge on any atom is -0.493 e. The molecular formula is C39H34IN3O6S. The smallest absolute Gasteiger partial charge is 0.272 e. The summed E-state index contributed by atoms with van der Waals surface area (Å²) in [5, 5.41) is 8.10. The van der Waals surface area contributed by atoms with Gasteiger partial charge < -0.3 is 30.2 Å². The van der Waals surface area contributed by atoms with E-state index in [1.54, 1.807) is 60.7 Å². The summed E-state index contributed by atoms with van der Waals surface area (Å²) >= 11 is 3.57. The molecule has 0 radical (unpaired) electrons. The molecular weight excluding hydrogens is 765 g/mol. The fraction of sp³-hybridized carbons (Fsp3) is 0.103. The van der Waals surface area contributed by atoms with Gasteiger partial charge in [0.05, 0.1) is 21.3 Å². The molecule has 0 spiro atoms. The van der Waals surface area contributed by atoms with E-state index >= 15 is 0 Å². The van der Waals surface area contributed by atoms with E-state index in [4.69, 9.17) is 14.2 Å². The second-order valence-electron chi connectivity index (χ2n) is 10.7. The molecule has 0 aliphatic heterocycles. The quantitative estimate of drug-likeness (QED) is 0.0625. The second-order valence-corrected chi connectivity index (χ2v) is 13.1. The molecule has 5 aromatic carbocycles. The molecule has 5 rings (SSSR count). The van der Waals surface area contributed by atoms with E-state index in [1.165, 1.54) is 39.2 Å². The van der Waals surface area contributed by atoms with Crippen molar-refractivity contribution in [3.05, 3.63) is 147 Å². The first-order chi connectivity index (χ1) is 24.3. The van der Waals surface area contributed by atoms with Crippen LogP contribution in [0.25, 0.3) is 6.08 Å². The van der Waals surface area contributed by atoms with Crippen LogP contribution in [0.2, 0.25) is 0 Å². The number of benzene rings is 5. The summed E-state index contributed by atoms with van der Waals surface area (Å²) in [6.07, 6.45) is 1.53. The molecule has 50 heavy (non-hydrogen) atoms. The summed E-state index contributed by atoms with van der Waals surface area (Å²) in [4.78, 5) is 41.4. The fourth-order valence-electron chi connectivity index (χ4n) is 4.92. The van der Waals surface area contributed by atoms with Crippen molar-refractivity contribution >= 4 is 69.5 Å². The SMILES string of the molecule is COc1cc(/C=C(/NC(=O)c2ccccc2)C(=O)Nc2cccc(SC(C(=O)Nc3ccc(I)cc3)c3ccccc3)c2)cc(OC)c1OC. The molecule has 0 aromatic heterocycles. The van der Waals surface area contributed by atoms with Crippen LogP contribution in [0.5, 0.6) is 17.2 Å². The summed E-state index contributed by atoms with van der Waals surface area (Å²) in [7, 11) is 4.49. The highest BCUT2D eigenvalue weighted by molar-refractivity contribution is 14.1. The average Bonchev–Trinajstić information content (AvgIpc) is 3.14. The van der Waals surface area contributed by atoms with Crippen LogP contribution < -0.4 is 30.2 Å². The summed E-state index contributed by atoms with van der Waals surface area (Å²) in [5.74, 6) is -0.0558. The van der Waals surface area contributed by atoms with Crippen molar-refractivity contribution in [3.8, 4) is 17.2 Å². The van der Waals surface area contributed by atoms with Crippen LogP contribution in [0.15, 0.2) is 132 Å². The Morgan fingerprint density at radius 3 is 1.96 bits per heavy atom. The lowest BCUT2D eigenvalue weighted by Crippen LogP contribution is -2.30. The maximum Gasteiger partial charge on any atom is 0.272 e. The Kier molecular flexibility index (Phi) is 12.5. The standard InChI is InChI=1S/C39H34IN3O6S/c1-47-33-22-25(23-34(48-2)35(33)49-3)21-32(43-37(44)27-13-8-5-9-14-27)38(45)42-30-15-10-16-31(24-30)50-36(26-11-6-4-7-12-26)39(46)41-29-19-17-28(40)18-20-29/h4-24,36H,1-3H3,(H,41,46)(H,42,45)(H,43,44)/b32-21+. The van der Waals surface area contributed by atoms with E-state index in [-0.39, 0.29) is 11.6 Å². The molecule has 0 aliphatic rings. The molecule has 0 saturated carbocycles. The number of thioether (sulfide) groups is 1. The molecule has 0 bridgehead atoms. The summed E-state index contributed by atoms with van der Waals surface area (Å²) in [5.41, 5.74) is 2.87. The molecule has 1 unspecified atom stereocenters. The van der Waals surface area contributed by atoms with Crippen molar-refractivity contribution < 1.29 is 28.6 Å². The van der Waals surface area contributed by atoms with Crippen molar-refractivity contribution in [2.75, 3.05) is 32.0 Å². The lowest BCUT2D eigenvalue weighted by molar-refractivity contribution is -0.116. The lowest BCUT2D eigenvalue weighted by atomic mass is 10.1. The van der Waals surface area contributed by atoms with Crippen molar-refractivity contribution in [2.24, 2.45) is 0 Å². The molecule has 5 aromatic rings. The van der Waals surface area contributed by atoms with Gasteiger partial charge in [0, 0.05) is 25.4 Å². The third kappa shape index (κ3) is 9.45. The monoisotopic (exact) mass is 799 g/mol. The van der Waals surface area contributed by atoms with Gasteiger partial charge in [-0.25, -0.2) is 0 Å². The number of amides is 3. The number of carbonyl (C=O) groups is 3. The van der Waals surface area contributed by atoms with Gasteiger partial charge >= 0.3 is 0 Å². The summed E-state index contributed by atoms with van der Waals surface area (Å²) in [6.45, 7) is 0. The highest BCUT2D eigenvalue weighted by Gasteiger charge is 2.23. The molecule has 9 nitrogen and oxygen atoms in total. The van der Waals surface area contributed by atoms with Gasteiger partial charge in [-0.2, -0.15) is 0 Å². The van der Waals surface area contributed by atoms with Crippen LogP contribution >= 0.6 is 34.4 Å². The summed E-state index contributed by atoms with van der Waals surface area (Å²) < 4.78 is 17.5. The highest BCUT2D eigenvalue weighted by Crippen LogP contribution is 2.39. The van der Waals surface area contributed by atoms with E-state index < -0.39 is 17.1 Å². The normalized spacial score (nSPS) is 11.6. The van der Waals surface area contributed by atoms with Crippen LogP contribution in [0.3, 0.4) is 0 Å². The first kappa shape index (κ1) is 36.0. The van der Waals surface area contributed by atoms with E-state index in [9.17, 15) is 14.4 Å². The van der Waals surface area contributed by atoms with E-state index in [1.807, 2.05) is 60.7 Å². The highest BCUT2D eigenvalue weighted by atomic mass is 127. The Hall–Kier alpha value is -5.27. The predicted molar refractivity (Wildman–Crippen MR) is 206 cm³/mol. The predicted octanol–water partition coefficient (Wildman–Crippen LogP) is 8.20. The molecule has 0 fully saturated rings. The maximum absolute atomic E-state index is 13.9.